The number of hydrogen-bond acceptors (Lipinski definition) is 3. The number of benzene rings is 2. The molecule has 0 saturated carbocycles. The summed E-state index contributed by atoms with van der Waals surface area (Å²) in [6.07, 6.45) is 0. The average molecular weight is 368 g/mol. The van der Waals surface area contributed by atoms with Gasteiger partial charge in [0, 0.05) is 10.7 Å². The number of anilines is 1. The number of carboxylic acids is 1. The van der Waals surface area contributed by atoms with Gasteiger partial charge < -0.3 is 15.2 Å². The second-order valence-corrected chi connectivity index (χ2v) is 5.99. The second kappa shape index (κ2) is 7.55. The van der Waals surface area contributed by atoms with Crippen molar-refractivity contribution >= 4 is 40.8 Å². The fraction of sp³-hybridized carbons (Fsp3) is 0.176. The number of rotatable bonds is 5. The predicted molar refractivity (Wildman–Crippen MR) is 93.5 cm³/mol. The van der Waals surface area contributed by atoms with Crippen LogP contribution < -0.4 is 10.1 Å². The molecule has 0 saturated heterocycles. The number of carbonyl (C=O) groups excluding carboxylic acids is 1. The van der Waals surface area contributed by atoms with Crippen LogP contribution in [0, 0.1) is 13.8 Å². The van der Waals surface area contributed by atoms with E-state index in [0.717, 1.165) is 11.1 Å². The molecule has 5 nitrogen and oxygen atoms in total. The lowest BCUT2D eigenvalue weighted by atomic mass is 10.1. The molecule has 1 amide bonds. The van der Waals surface area contributed by atoms with Crippen LogP contribution in [0.3, 0.4) is 0 Å². The van der Waals surface area contributed by atoms with E-state index >= 15 is 0 Å². The van der Waals surface area contributed by atoms with Crippen molar-refractivity contribution in [2.45, 2.75) is 13.8 Å². The van der Waals surface area contributed by atoms with E-state index in [4.69, 9.17) is 33.0 Å². The third kappa shape index (κ3) is 4.40. The van der Waals surface area contributed by atoms with Gasteiger partial charge >= 0.3 is 5.97 Å². The number of hydrogen-bond donors (Lipinski definition) is 2. The summed E-state index contributed by atoms with van der Waals surface area (Å²) in [5, 5.41) is 12.2. The number of halogens is 2. The number of ether oxygens (including phenoxy) is 1. The highest BCUT2D eigenvalue weighted by molar-refractivity contribution is 6.34. The standard InChI is InChI=1S/C17H15Cl2NO4/c1-9-5-12(6-10(2)16(9)19)24-8-15(21)20-11-3-4-13(17(22)23)14(18)7-11/h3-7H,8H2,1-2H3,(H,20,21)(H,22,23). The van der Waals surface area contributed by atoms with Gasteiger partial charge in [-0.3, -0.25) is 4.79 Å². The van der Waals surface area contributed by atoms with Crippen molar-refractivity contribution in [1.82, 2.24) is 0 Å². The van der Waals surface area contributed by atoms with Gasteiger partial charge in [0.05, 0.1) is 10.6 Å². The first kappa shape index (κ1) is 18.1. The smallest absolute Gasteiger partial charge is 0.337 e. The van der Waals surface area contributed by atoms with Gasteiger partial charge in [-0.25, -0.2) is 4.79 Å². The fourth-order valence-corrected chi connectivity index (χ4v) is 2.47. The van der Waals surface area contributed by atoms with E-state index in [-0.39, 0.29) is 23.1 Å². The average Bonchev–Trinajstić information content (AvgIpc) is 2.50. The van der Waals surface area contributed by atoms with Crippen molar-refractivity contribution < 1.29 is 19.4 Å². The first-order valence-corrected chi connectivity index (χ1v) is 7.75. The Kier molecular flexibility index (Phi) is 5.70. The van der Waals surface area contributed by atoms with Gasteiger partial charge in [-0.2, -0.15) is 0 Å². The van der Waals surface area contributed by atoms with E-state index in [1.807, 2.05) is 13.8 Å². The molecule has 2 aromatic carbocycles. The highest BCUT2D eigenvalue weighted by Crippen LogP contribution is 2.26. The fourth-order valence-electron chi connectivity index (χ4n) is 2.10. The van der Waals surface area contributed by atoms with E-state index in [1.54, 1.807) is 12.1 Å². The lowest BCUT2D eigenvalue weighted by Crippen LogP contribution is -2.20. The van der Waals surface area contributed by atoms with Crippen LogP contribution in [0.1, 0.15) is 21.5 Å². The molecule has 0 atom stereocenters. The highest BCUT2D eigenvalue weighted by atomic mass is 35.5. The second-order valence-electron chi connectivity index (χ2n) is 5.21. The van der Waals surface area contributed by atoms with Crippen molar-refractivity contribution in [1.29, 1.82) is 0 Å². The molecule has 0 aliphatic heterocycles. The Morgan fingerprint density at radius 3 is 2.29 bits per heavy atom. The van der Waals surface area contributed by atoms with Gasteiger partial charge in [0.15, 0.2) is 6.61 Å². The number of aromatic carboxylic acids is 1. The van der Waals surface area contributed by atoms with Crippen LogP contribution in [0.2, 0.25) is 10.0 Å². The van der Waals surface area contributed by atoms with Crippen LogP contribution >= 0.6 is 23.2 Å². The van der Waals surface area contributed by atoms with E-state index in [1.165, 1.54) is 18.2 Å². The molecule has 0 heterocycles. The summed E-state index contributed by atoms with van der Waals surface area (Å²) in [6.45, 7) is 3.52. The predicted octanol–water partition coefficient (Wildman–Crippen LogP) is 4.33. The van der Waals surface area contributed by atoms with Crippen LogP contribution in [-0.2, 0) is 4.79 Å². The zero-order chi connectivity index (χ0) is 17.9. The molecule has 0 aliphatic carbocycles. The van der Waals surface area contributed by atoms with Crippen molar-refractivity contribution in [2.24, 2.45) is 0 Å². The first-order chi connectivity index (χ1) is 11.3. The lowest BCUT2D eigenvalue weighted by Gasteiger charge is -2.11. The van der Waals surface area contributed by atoms with Gasteiger partial charge in [-0.1, -0.05) is 23.2 Å². The molecule has 24 heavy (non-hydrogen) atoms. The highest BCUT2D eigenvalue weighted by Gasteiger charge is 2.11. The lowest BCUT2D eigenvalue weighted by molar-refractivity contribution is -0.118. The Morgan fingerprint density at radius 1 is 1.12 bits per heavy atom. The SMILES string of the molecule is Cc1cc(OCC(=O)Nc2ccc(C(=O)O)c(Cl)c2)cc(C)c1Cl. The molecule has 0 fully saturated rings. The summed E-state index contributed by atoms with van der Waals surface area (Å²) in [7, 11) is 0. The maximum atomic E-state index is 11.9. The summed E-state index contributed by atoms with van der Waals surface area (Å²) >= 11 is 11.9. The summed E-state index contributed by atoms with van der Waals surface area (Å²) in [6, 6.07) is 7.67. The van der Waals surface area contributed by atoms with Gasteiger partial charge in [0.25, 0.3) is 5.91 Å². The van der Waals surface area contributed by atoms with Crippen LogP contribution in [0.5, 0.6) is 5.75 Å². The Hall–Kier alpha value is -2.24. The van der Waals surface area contributed by atoms with E-state index in [0.29, 0.717) is 16.5 Å². The molecular weight excluding hydrogens is 353 g/mol. The summed E-state index contributed by atoms with van der Waals surface area (Å²) in [5.41, 5.74) is 2.09. The molecule has 0 aliphatic rings. The maximum Gasteiger partial charge on any atom is 0.337 e. The zero-order valence-corrected chi connectivity index (χ0v) is 14.5. The number of carboxylic acid groups (broad SMARTS) is 1. The quantitative estimate of drug-likeness (QED) is 0.824. The van der Waals surface area contributed by atoms with Crippen molar-refractivity contribution in [3.8, 4) is 5.75 Å². The molecule has 0 aromatic heterocycles. The third-order valence-electron chi connectivity index (χ3n) is 3.26. The largest absolute Gasteiger partial charge is 0.484 e. The van der Waals surface area contributed by atoms with Crippen LogP contribution in [0.15, 0.2) is 30.3 Å². The molecule has 7 heteroatoms. The minimum Gasteiger partial charge on any atom is -0.484 e. The van der Waals surface area contributed by atoms with Crippen LogP contribution in [0.25, 0.3) is 0 Å². The van der Waals surface area contributed by atoms with Crippen LogP contribution in [0.4, 0.5) is 5.69 Å². The molecule has 2 N–H and O–H groups in total. The molecule has 2 rings (SSSR count). The minimum atomic E-state index is -1.13. The van der Waals surface area contributed by atoms with E-state index in [9.17, 15) is 9.59 Å². The summed E-state index contributed by atoms with van der Waals surface area (Å²) in [5.74, 6) is -0.974. The number of carbonyl (C=O) groups is 2. The Balaban J connectivity index is 1.99. The molecule has 126 valence electrons. The molecule has 0 spiro atoms. The number of aryl methyl sites for hydroxylation is 2. The Labute approximate surface area is 149 Å². The van der Waals surface area contributed by atoms with E-state index in [2.05, 4.69) is 5.32 Å². The van der Waals surface area contributed by atoms with Gasteiger partial charge in [-0.05, 0) is 55.3 Å². The van der Waals surface area contributed by atoms with Crippen molar-refractivity contribution in [2.75, 3.05) is 11.9 Å². The van der Waals surface area contributed by atoms with Crippen molar-refractivity contribution in [3.05, 3.63) is 57.1 Å². The topological polar surface area (TPSA) is 75.6 Å². The number of amides is 1. The summed E-state index contributed by atoms with van der Waals surface area (Å²) < 4.78 is 5.45. The van der Waals surface area contributed by atoms with Gasteiger partial charge in [-0.15, -0.1) is 0 Å². The zero-order valence-electron chi connectivity index (χ0n) is 13.0. The number of nitrogens with one attached hydrogen (secondary N) is 1. The normalized spacial score (nSPS) is 10.3. The molecule has 2 aromatic rings. The van der Waals surface area contributed by atoms with Crippen molar-refractivity contribution in [3.63, 3.8) is 0 Å². The van der Waals surface area contributed by atoms with Gasteiger partial charge in [0.1, 0.15) is 5.75 Å². The first-order valence-electron chi connectivity index (χ1n) is 7.00. The molecule has 0 radical (unpaired) electrons. The summed E-state index contributed by atoms with van der Waals surface area (Å²) in [4.78, 5) is 22.8. The minimum absolute atomic E-state index is 0.0296. The molecular formula is C17H15Cl2NO4. The monoisotopic (exact) mass is 367 g/mol. The Bertz CT molecular complexity index is 782. The third-order valence-corrected chi connectivity index (χ3v) is 4.17. The van der Waals surface area contributed by atoms with E-state index < -0.39 is 5.97 Å². The van der Waals surface area contributed by atoms with Crippen LogP contribution in [-0.4, -0.2) is 23.6 Å². The Morgan fingerprint density at radius 2 is 1.75 bits per heavy atom. The maximum absolute atomic E-state index is 11.9. The molecule has 0 bridgehead atoms. The van der Waals surface area contributed by atoms with Gasteiger partial charge in [0.2, 0.25) is 0 Å². The molecule has 0 unspecified atom stereocenters.